The van der Waals surface area contributed by atoms with E-state index in [1.54, 1.807) is 4.90 Å². The van der Waals surface area contributed by atoms with Crippen LogP contribution in [0, 0.1) is 17.3 Å². The van der Waals surface area contributed by atoms with Crippen molar-refractivity contribution in [2.24, 2.45) is 17.3 Å². The van der Waals surface area contributed by atoms with Crippen molar-refractivity contribution in [3.8, 4) is 0 Å². The first-order chi connectivity index (χ1) is 10.8. The normalized spacial score (nSPS) is 31.7. The second kappa shape index (κ2) is 7.52. The van der Waals surface area contributed by atoms with Gasteiger partial charge >= 0.3 is 0 Å². The van der Waals surface area contributed by atoms with Crippen LogP contribution in [0.4, 0.5) is 0 Å². The van der Waals surface area contributed by atoms with E-state index in [-0.39, 0.29) is 16.9 Å². The molecule has 134 valence electrons. The highest BCUT2D eigenvalue weighted by molar-refractivity contribution is 5.77. The fraction of sp³-hybridized carbons (Fsp3) is 0.947. The second-order valence-electron chi connectivity index (χ2n) is 8.52. The van der Waals surface area contributed by atoms with Gasteiger partial charge in [0.15, 0.2) is 6.54 Å². The van der Waals surface area contributed by atoms with Crippen LogP contribution < -0.4 is 15.5 Å². The summed E-state index contributed by atoms with van der Waals surface area (Å²) >= 11 is 0. The average Bonchev–Trinajstić information content (AvgIpc) is 3.06. The summed E-state index contributed by atoms with van der Waals surface area (Å²) in [5.41, 5.74) is 0.226. The molecule has 2 bridgehead atoms. The van der Waals surface area contributed by atoms with E-state index in [0.717, 1.165) is 12.5 Å². The third-order valence-corrected chi connectivity index (χ3v) is 7.28. The summed E-state index contributed by atoms with van der Waals surface area (Å²) in [5.74, 6) is 1.69. The van der Waals surface area contributed by atoms with Gasteiger partial charge in [0.2, 0.25) is 0 Å². The van der Waals surface area contributed by atoms with Crippen LogP contribution in [0.15, 0.2) is 0 Å². The highest BCUT2D eigenvalue weighted by atomic mass is 16.2. The lowest BCUT2D eigenvalue weighted by Crippen LogP contribution is -3.11. The molecule has 2 aliphatic carbocycles. The Morgan fingerprint density at radius 2 is 1.83 bits per heavy atom. The molecule has 2 rings (SSSR count). The molecule has 0 heterocycles. The summed E-state index contributed by atoms with van der Waals surface area (Å²) in [5, 5.41) is 5.61. The van der Waals surface area contributed by atoms with Crippen LogP contribution >= 0.6 is 0 Å². The molecule has 0 aromatic heterocycles. The van der Waals surface area contributed by atoms with Gasteiger partial charge in [-0.1, -0.05) is 13.8 Å². The summed E-state index contributed by atoms with van der Waals surface area (Å²) in [4.78, 5) is 14.1. The summed E-state index contributed by atoms with van der Waals surface area (Å²) in [6, 6.07) is 0. The molecule has 0 spiro atoms. The van der Waals surface area contributed by atoms with Crippen molar-refractivity contribution in [3.05, 3.63) is 0 Å². The third-order valence-electron chi connectivity index (χ3n) is 7.28. The molecule has 4 N–H and O–H groups in total. The number of hydrogen-bond acceptors (Lipinski definition) is 1. The quantitative estimate of drug-likeness (QED) is 0.521. The second-order valence-corrected chi connectivity index (χ2v) is 8.52. The molecule has 0 unspecified atom stereocenters. The van der Waals surface area contributed by atoms with Crippen LogP contribution in [-0.2, 0) is 4.79 Å². The Bertz CT molecular complexity index is 405. The Kier molecular flexibility index (Phi) is 6.12. The van der Waals surface area contributed by atoms with Gasteiger partial charge in [-0.3, -0.25) is 4.79 Å². The number of quaternary nitrogens is 2. The lowest BCUT2D eigenvalue weighted by Gasteiger charge is -2.48. The van der Waals surface area contributed by atoms with Crippen LogP contribution in [0.25, 0.3) is 0 Å². The van der Waals surface area contributed by atoms with Crippen LogP contribution in [0.1, 0.15) is 60.3 Å². The van der Waals surface area contributed by atoms with E-state index in [1.807, 2.05) is 0 Å². The number of amides is 1. The van der Waals surface area contributed by atoms with Crippen LogP contribution in [0.5, 0.6) is 0 Å². The summed E-state index contributed by atoms with van der Waals surface area (Å²) in [6.07, 6.45) is 5.14. The van der Waals surface area contributed by atoms with E-state index in [0.29, 0.717) is 12.5 Å². The molecule has 4 heteroatoms. The lowest BCUT2D eigenvalue weighted by molar-refractivity contribution is -0.898. The van der Waals surface area contributed by atoms with E-state index in [4.69, 9.17) is 0 Å². The molecule has 2 fully saturated rings. The molecule has 1 amide bonds. The first-order valence-corrected chi connectivity index (χ1v) is 9.81. The number of rotatable bonds is 9. The number of fused-ring (bicyclic) bond motifs is 2. The Morgan fingerprint density at radius 1 is 1.17 bits per heavy atom. The van der Waals surface area contributed by atoms with Crippen molar-refractivity contribution < 1.29 is 15.0 Å². The topological polar surface area (TPSA) is 50.2 Å². The molecule has 0 aliphatic heterocycles. The first kappa shape index (κ1) is 18.7. The molecule has 0 radical (unpaired) electrons. The third kappa shape index (κ3) is 3.74. The van der Waals surface area contributed by atoms with E-state index >= 15 is 0 Å². The zero-order valence-corrected chi connectivity index (χ0v) is 16.0. The minimum atomic E-state index is -0.00773. The molecule has 0 aromatic rings. The molecule has 4 nitrogen and oxygen atoms in total. The van der Waals surface area contributed by atoms with E-state index in [1.165, 1.54) is 45.3 Å². The molecule has 2 aliphatic rings. The average molecular weight is 326 g/mol. The van der Waals surface area contributed by atoms with Crippen molar-refractivity contribution in [3.63, 3.8) is 0 Å². The van der Waals surface area contributed by atoms with Gasteiger partial charge in [0.1, 0.15) is 0 Å². The fourth-order valence-corrected chi connectivity index (χ4v) is 5.05. The van der Waals surface area contributed by atoms with Crippen molar-refractivity contribution in [2.45, 2.75) is 65.8 Å². The summed E-state index contributed by atoms with van der Waals surface area (Å²) in [6.45, 7) is 16.8. The van der Waals surface area contributed by atoms with Gasteiger partial charge in [-0.25, -0.2) is 0 Å². The molecular weight excluding hydrogens is 286 g/mol. The molecule has 0 saturated heterocycles. The van der Waals surface area contributed by atoms with Crippen molar-refractivity contribution in [1.29, 1.82) is 0 Å². The van der Waals surface area contributed by atoms with Gasteiger partial charge in [-0.05, 0) is 57.3 Å². The number of nitrogens with two attached hydrogens (primary N) is 1. The van der Waals surface area contributed by atoms with Crippen LogP contribution in [0.3, 0.4) is 0 Å². The number of carbonyl (C=O) groups is 1. The van der Waals surface area contributed by atoms with Gasteiger partial charge in [0, 0.05) is 12.0 Å². The van der Waals surface area contributed by atoms with Gasteiger partial charge in [-0.2, -0.15) is 0 Å². The SMILES string of the molecule is CC[NH+](CC)CCC[NH2+]CC(=O)N[C@]1(C)[C@H]2CC[C@H](C2)C1(C)C. The Balaban J connectivity index is 1.71. The first-order valence-electron chi connectivity index (χ1n) is 9.81. The highest BCUT2D eigenvalue weighted by Gasteiger charge is 2.60. The Hall–Kier alpha value is -0.610. The van der Waals surface area contributed by atoms with Crippen LogP contribution in [-0.4, -0.2) is 44.2 Å². The predicted octanol–water partition coefficient (Wildman–Crippen LogP) is 0.196. The largest absolute Gasteiger partial charge is 0.345 e. The lowest BCUT2D eigenvalue weighted by atomic mass is 9.64. The Labute approximate surface area is 142 Å². The molecule has 2 saturated carbocycles. The maximum absolute atomic E-state index is 12.4. The summed E-state index contributed by atoms with van der Waals surface area (Å²) in [7, 11) is 0. The van der Waals surface area contributed by atoms with E-state index in [2.05, 4.69) is 45.3 Å². The number of carbonyl (C=O) groups excluding carboxylic acids is 1. The minimum absolute atomic E-state index is 0.00773. The van der Waals surface area contributed by atoms with Gasteiger partial charge in [0.25, 0.3) is 5.91 Å². The van der Waals surface area contributed by atoms with Crippen molar-refractivity contribution in [2.75, 3.05) is 32.7 Å². The minimum Gasteiger partial charge on any atom is -0.345 e. The van der Waals surface area contributed by atoms with Gasteiger partial charge < -0.3 is 15.5 Å². The smallest absolute Gasteiger partial charge is 0.275 e. The predicted molar refractivity (Wildman–Crippen MR) is 94.3 cm³/mol. The number of hydrogen-bond donors (Lipinski definition) is 3. The fourth-order valence-electron chi connectivity index (χ4n) is 5.05. The highest BCUT2D eigenvalue weighted by Crippen LogP contribution is 2.61. The standard InChI is InChI=1S/C19H37N3O/c1-6-22(7-2)12-8-11-20-14-17(23)21-19(5)16-10-9-15(13-16)18(19,3)4/h15-16,20H,6-14H2,1-5H3,(H,21,23)/p+2/t15-,16+,19-/m1/s1. The monoisotopic (exact) mass is 325 g/mol. The van der Waals surface area contributed by atoms with E-state index in [9.17, 15) is 4.79 Å². The molecule has 23 heavy (non-hydrogen) atoms. The molecular formula is C19H39N3O+2. The zero-order chi connectivity index (χ0) is 17.1. The maximum atomic E-state index is 12.4. The molecule has 0 aromatic carbocycles. The molecule has 3 atom stereocenters. The Morgan fingerprint density at radius 3 is 2.39 bits per heavy atom. The van der Waals surface area contributed by atoms with E-state index < -0.39 is 0 Å². The van der Waals surface area contributed by atoms with Crippen molar-refractivity contribution in [1.82, 2.24) is 5.32 Å². The van der Waals surface area contributed by atoms with Crippen molar-refractivity contribution >= 4 is 5.91 Å². The van der Waals surface area contributed by atoms with Crippen LogP contribution in [0.2, 0.25) is 0 Å². The maximum Gasteiger partial charge on any atom is 0.275 e. The van der Waals surface area contributed by atoms with Gasteiger partial charge in [-0.15, -0.1) is 0 Å². The van der Waals surface area contributed by atoms with Gasteiger partial charge in [0.05, 0.1) is 26.2 Å². The zero-order valence-electron chi connectivity index (χ0n) is 16.0. The number of nitrogens with one attached hydrogen (secondary N) is 2. The summed E-state index contributed by atoms with van der Waals surface area (Å²) < 4.78 is 0.